The number of Topliss-reactive ketones (excluding diaryl/α,β-unsaturated/α-hetero) is 1. The Balaban J connectivity index is 1.93. The van der Waals surface area contributed by atoms with Gasteiger partial charge in [0.25, 0.3) is 0 Å². The fraction of sp³-hybridized carbons (Fsp3) is 0.467. The molecule has 0 heterocycles. The van der Waals surface area contributed by atoms with Gasteiger partial charge in [-0.3, -0.25) is 4.79 Å². The lowest BCUT2D eigenvalue weighted by Gasteiger charge is -2.21. The largest absolute Gasteiger partial charge is 0.375 e. The first kappa shape index (κ1) is 12.6. The van der Waals surface area contributed by atoms with Crippen molar-refractivity contribution in [3.63, 3.8) is 0 Å². The van der Waals surface area contributed by atoms with Gasteiger partial charge in [-0.25, -0.2) is 0 Å². The van der Waals surface area contributed by atoms with E-state index in [9.17, 15) is 4.79 Å². The number of carbonyl (C=O) groups excluding carboxylic acids is 1. The van der Waals surface area contributed by atoms with Gasteiger partial charge in [-0.1, -0.05) is 6.07 Å². The Bertz CT molecular complexity index is 476. The summed E-state index contributed by atoms with van der Waals surface area (Å²) in [6.45, 7) is 0.866. The maximum absolute atomic E-state index is 11.6. The van der Waals surface area contributed by atoms with Crippen molar-refractivity contribution in [3.8, 4) is 6.07 Å². The number of nitrogens with zero attached hydrogens (tertiary/aromatic N) is 2. The van der Waals surface area contributed by atoms with Gasteiger partial charge in [0.1, 0.15) is 5.78 Å². The second-order valence-electron chi connectivity index (χ2n) is 4.93. The molecule has 1 unspecified atom stereocenters. The molecular weight excluding hydrogens is 224 g/mol. The molecule has 0 aromatic heterocycles. The summed E-state index contributed by atoms with van der Waals surface area (Å²) in [5.41, 5.74) is 1.72. The van der Waals surface area contributed by atoms with Gasteiger partial charge in [-0.15, -0.1) is 0 Å². The van der Waals surface area contributed by atoms with Crippen LogP contribution in [0.25, 0.3) is 0 Å². The zero-order valence-electron chi connectivity index (χ0n) is 10.7. The van der Waals surface area contributed by atoms with Gasteiger partial charge in [0.2, 0.25) is 0 Å². The normalized spacial score (nSPS) is 18.7. The third-order valence-electron chi connectivity index (χ3n) is 3.66. The number of nitriles is 1. The molecule has 3 nitrogen and oxygen atoms in total. The summed E-state index contributed by atoms with van der Waals surface area (Å²) < 4.78 is 0. The molecule has 18 heavy (non-hydrogen) atoms. The smallest absolute Gasteiger partial charge is 0.136 e. The first-order valence-corrected chi connectivity index (χ1v) is 6.44. The number of rotatable bonds is 4. The van der Waals surface area contributed by atoms with Gasteiger partial charge >= 0.3 is 0 Å². The molecule has 1 aliphatic carbocycles. The Kier molecular flexibility index (Phi) is 3.99. The van der Waals surface area contributed by atoms with Crippen molar-refractivity contribution in [1.29, 1.82) is 5.26 Å². The topological polar surface area (TPSA) is 44.1 Å². The van der Waals surface area contributed by atoms with Crippen LogP contribution in [0, 0.1) is 17.2 Å². The van der Waals surface area contributed by atoms with Crippen molar-refractivity contribution in [1.82, 2.24) is 0 Å². The van der Waals surface area contributed by atoms with Crippen LogP contribution < -0.4 is 4.90 Å². The fourth-order valence-corrected chi connectivity index (χ4v) is 2.48. The number of anilines is 1. The van der Waals surface area contributed by atoms with Crippen molar-refractivity contribution >= 4 is 11.5 Å². The third kappa shape index (κ3) is 2.89. The fourth-order valence-electron chi connectivity index (χ4n) is 2.48. The summed E-state index contributed by atoms with van der Waals surface area (Å²) in [4.78, 5) is 13.7. The quantitative estimate of drug-likeness (QED) is 0.815. The second-order valence-corrected chi connectivity index (χ2v) is 4.93. The number of carbonyl (C=O) groups is 1. The van der Waals surface area contributed by atoms with Crippen molar-refractivity contribution < 1.29 is 4.79 Å². The molecule has 0 amide bonds. The highest BCUT2D eigenvalue weighted by atomic mass is 16.1. The van der Waals surface area contributed by atoms with Crippen molar-refractivity contribution in [2.24, 2.45) is 5.92 Å². The van der Waals surface area contributed by atoms with E-state index in [0.717, 1.165) is 37.9 Å². The minimum atomic E-state index is 0.256. The molecule has 1 aromatic carbocycles. The first-order valence-electron chi connectivity index (χ1n) is 6.44. The number of hydrogen-bond acceptors (Lipinski definition) is 3. The van der Waals surface area contributed by atoms with Gasteiger partial charge in [-0.2, -0.15) is 5.26 Å². The van der Waals surface area contributed by atoms with Gasteiger partial charge in [-0.05, 0) is 37.5 Å². The SMILES string of the molecule is CN(CCC1CCCC1=O)c1cccc(C#N)c1. The summed E-state index contributed by atoms with van der Waals surface area (Å²) in [6.07, 6.45) is 3.78. The van der Waals surface area contributed by atoms with E-state index in [0.29, 0.717) is 11.3 Å². The molecule has 1 aliphatic rings. The Hall–Kier alpha value is -1.82. The highest BCUT2D eigenvalue weighted by molar-refractivity contribution is 5.82. The van der Waals surface area contributed by atoms with Gasteiger partial charge in [0.05, 0.1) is 11.6 Å². The van der Waals surface area contributed by atoms with E-state index in [4.69, 9.17) is 5.26 Å². The minimum Gasteiger partial charge on any atom is -0.375 e. The molecule has 0 aliphatic heterocycles. The number of ketones is 1. The molecule has 3 heteroatoms. The highest BCUT2D eigenvalue weighted by Gasteiger charge is 2.24. The predicted octanol–water partition coefficient (Wildman–Crippen LogP) is 2.75. The average Bonchev–Trinajstić information content (AvgIpc) is 2.81. The number of benzene rings is 1. The molecule has 1 atom stereocenters. The molecular formula is C15H18N2O. The van der Waals surface area contributed by atoms with Crippen LogP contribution in [0.1, 0.15) is 31.2 Å². The molecule has 1 fully saturated rings. The monoisotopic (exact) mass is 242 g/mol. The zero-order valence-corrected chi connectivity index (χ0v) is 10.7. The predicted molar refractivity (Wildman–Crippen MR) is 71.4 cm³/mol. The molecule has 0 radical (unpaired) electrons. The Morgan fingerprint density at radius 1 is 1.50 bits per heavy atom. The highest BCUT2D eigenvalue weighted by Crippen LogP contribution is 2.25. The van der Waals surface area contributed by atoms with E-state index in [-0.39, 0.29) is 5.92 Å². The van der Waals surface area contributed by atoms with Crippen molar-refractivity contribution in [2.75, 3.05) is 18.5 Å². The molecule has 94 valence electrons. The van der Waals surface area contributed by atoms with Crippen molar-refractivity contribution in [3.05, 3.63) is 29.8 Å². The van der Waals surface area contributed by atoms with Crippen LogP contribution in [0.2, 0.25) is 0 Å². The maximum Gasteiger partial charge on any atom is 0.136 e. The third-order valence-corrected chi connectivity index (χ3v) is 3.66. The van der Waals surface area contributed by atoms with Crippen LogP contribution in [0.3, 0.4) is 0 Å². The molecule has 0 N–H and O–H groups in total. The number of hydrogen-bond donors (Lipinski definition) is 0. The van der Waals surface area contributed by atoms with Crippen LogP contribution in [0.4, 0.5) is 5.69 Å². The van der Waals surface area contributed by atoms with Crippen molar-refractivity contribution in [2.45, 2.75) is 25.7 Å². The maximum atomic E-state index is 11.6. The standard InChI is InChI=1S/C15H18N2O/c1-17(9-8-13-5-3-7-15(13)18)14-6-2-4-12(10-14)11-16/h2,4,6,10,13H,3,5,7-9H2,1H3. The Labute approximate surface area is 108 Å². The van der Waals surface area contributed by atoms with E-state index < -0.39 is 0 Å². The lowest BCUT2D eigenvalue weighted by atomic mass is 10.0. The van der Waals surface area contributed by atoms with Crippen LogP contribution in [-0.2, 0) is 4.79 Å². The van der Waals surface area contributed by atoms with E-state index >= 15 is 0 Å². The van der Waals surface area contributed by atoms with Gasteiger partial charge in [0.15, 0.2) is 0 Å². The molecule has 0 bridgehead atoms. The minimum absolute atomic E-state index is 0.256. The van der Waals surface area contributed by atoms with Gasteiger partial charge in [0, 0.05) is 31.6 Å². The van der Waals surface area contributed by atoms with Crippen LogP contribution in [0.15, 0.2) is 24.3 Å². The van der Waals surface area contributed by atoms with E-state index in [1.165, 1.54) is 0 Å². The van der Waals surface area contributed by atoms with Crippen LogP contribution >= 0.6 is 0 Å². The molecule has 1 saturated carbocycles. The summed E-state index contributed by atoms with van der Waals surface area (Å²) in [5.74, 6) is 0.681. The van der Waals surface area contributed by atoms with Gasteiger partial charge < -0.3 is 4.90 Å². The summed E-state index contributed by atoms with van der Waals surface area (Å²) in [5, 5.41) is 8.87. The molecule has 0 spiro atoms. The molecule has 0 saturated heterocycles. The molecule has 1 aromatic rings. The average molecular weight is 242 g/mol. The lowest BCUT2D eigenvalue weighted by Crippen LogP contribution is -2.22. The zero-order chi connectivity index (χ0) is 13.0. The lowest BCUT2D eigenvalue weighted by molar-refractivity contribution is -0.120. The van der Waals surface area contributed by atoms with Crippen LogP contribution in [0.5, 0.6) is 0 Å². The Morgan fingerprint density at radius 3 is 3.00 bits per heavy atom. The van der Waals surface area contributed by atoms with E-state index in [1.807, 2.05) is 25.2 Å². The van der Waals surface area contributed by atoms with E-state index in [2.05, 4.69) is 11.0 Å². The molecule has 2 rings (SSSR count). The first-order chi connectivity index (χ1) is 8.70. The van der Waals surface area contributed by atoms with Crippen LogP contribution in [-0.4, -0.2) is 19.4 Å². The second kappa shape index (κ2) is 5.68. The summed E-state index contributed by atoms with van der Waals surface area (Å²) in [6, 6.07) is 9.73. The van der Waals surface area contributed by atoms with E-state index in [1.54, 1.807) is 6.07 Å². The Morgan fingerprint density at radius 2 is 2.33 bits per heavy atom. The summed E-state index contributed by atoms with van der Waals surface area (Å²) in [7, 11) is 2.01. The summed E-state index contributed by atoms with van der Waals surface area (Å²) >= 11 is 0.